The van der Waals surface area contributed by atoms with Gasteiger partial charge in [-0.3, -0.25) is 4.79 Å². The van der Waals surface area contributed by atoms with Crippen LogP contribution in [-0.2, 0) is 0 Å². The van der Waals surface area contributed by atoms with Crippen LogP contribution in [0.5, 0.6) is 5.75 Å². The van der Waals surface area contributed by atoms with Crippen molar-refractivity contribution in [3.8, 4) is 5.75 Å². The molecule has 0 saturated heterocycles. The predicted octanol–water partition coefficient (Wildman–Crippen LogP) is 5.19. The SMILES string of the molecule is C[C@H](Sc1nnc([C@@H](C)Oc2ccccc2F)o1)C(=O)c1c[nH]c2ccccc12. The minimum absolute atomic E-state index is 0.0390. The Bertz CT molecular complexity index is 1160. The van der Waals surface area contributed by atoms with Crippen LogP contribution in [-0.4, -0.2) is 26.2 Å². The minimum Gasteiger partial charge on any atom is -0.478 e. The molecule has 0 unspecified atom stereocenters. The Kier molecular flexibility index (Phi) is 5.35. The first-order valence-corrected chi connectivity index (χ1v) is 9.92. The molecule has 6 nitrogen and oxygen atoms in total. The van der Waals surface area contributed by atoms with Gasteiger partial charge in [-0.2, -0.15) is 0 Å². The molecule has 0 spiro atoms. The highest BCUT2D eigenvalue weighted by atomic mass is 32.2. The predicted molar refractivity (Wildman–Crippen MR) is 108 cm³/mol. The van der Waals surface area contributed by atoms with Gasteiger partial charge in [0.2, 0.25) is 0 Å². The Morgan fingerprint density at radius 2 is 1.90 bits per heavy atom. The third kappa shape index (κ3) is 4.02. The number of carbonyl (C=O) groups excluding carboxylic acids is 1. The van der Waals surface area contributed by atoms with E-state index >= 15 is 0 Å². The summed E-state index contributed by atoms with van der Waals surface area (Å²) >= 11 is 1.17. The summed E-state index contributed by atoms with van der Waals surface area (Å²) < 4.78 is 24.9. The zero-order valence-electron chi connectivity index (χ0n) is 15.8. The van der Waals surface area contributed by atoms with Gasteiger partial charge in [-0.15, -0.1) is 10.2 Å². The van der Waals surface area contributed by atoms with Crippen molar-refractivity contribution >= 4 is 28.4 Å². The van der Waals surface area contributed by atoms with Gasteiger partial charge in [0.15, 0.2) is 23.5 Å². The molecule has 2 atom stereocenters. The van der Waals surface area contributed by atoms with Gasteiger partial charge < -0.3 is 14.1 Å². The molecule has 2 aromatic carbocycles. The van der Waals surface area contributed by atoms with Crippen LogP contribution < -0.4 is 4.74 Å². The normalized spacial score (nSPS) is 13.3. The average molecular weight is 411 g/mol. The summed E-state index contributed by atoms with van der Waals surface area (Å²) in [5.74, 6) is -0.188. The van der Waals surface area contributed by atoms with Crippen LogP contribution in [0.3, 0.4) is 0 Å². The Morgan fingerprint density at radius 3 is 2.72 bits per heavy atom. The van der Waals surface area contributed by atoms with Crippen LogP contribution in [0.25, 0.3) is 10.9 Å². The molecule has 4 rings (SSSR count). The molecule has 0 fully saturated rings. The number of ether oxygens (including phenoxy) is 1. The highest BCUT2D eigenvalue weighted by molar-refractivity contribution is 8.00. The number of nitrogens with zero attached hydrogens (tertiary/aromatic N) is 2. The Labute approximate surface area is 170 Å². The maximum absolute atomic E-state index is 13.7. The summed E-state index contributed by atoms with van der Waals surface area (Å²) in [7, 11) is 0. The highest BCUT2D eigenvalue weighted by Gasteiger charge is 2.23. The molecule has 148 valence electrons. The van der Waals surface area contributed by atoms with Crippen LogP contribution in [0, 0.1) is 5.82 Å². The molecule has 0 radical (unpaired) electrons. The summed E-state index contributed by atoms with van der Waals surface area (Å²) in [6.07, 6.45) is 1.08. The van der Waals surface area contributed by atoms with E-state index in [1.807, 2.05) is 24.3 Å². The van der Waals surface area contributed by atoms with Gasteiger partial charge in [-0.1, -0.05) is 42.1 Å². The van der Waals surface area contributed by atoms with Crippen molar-refractivity contribution in [1.82, 2.24) is 15.2 Å². The molecular formula is C21H18FN3O3S. The number of aromatic nitrogens is 3. The van der Waals surface area contributed by atoms with E-state index in [4.69, 9.17) is 9.15 Å². The molecule has 2 heterocycles. The van der Waals surface area contributed by atoms with E-state index in [1.54, 1.807) is 32.2 Å². The molecular weight excluding hydrogens is 393 g/mol. The van der Waals surface area contributed by atoms with Crippen LogP contribution in [0.2, 0.25) is 0 Å². The third-order valence-electron chi connectivity index (χ3n) is 4.41. The number of thioether (sulfide) groups is 1. The quantitative estimate of drug-likeness (QED) is 0.333. The molecule has 29 heavy (non-hydrogen) atoms. The second kappa shape index (κ2) is 8.08. The van der Waals surface area contributed by atoms with Gasteiger partial charge in [-0.25, -0.2) is 4.39 Å². The van der Waals surface area contributed by atoms with Gasteiger partial charge in [0.1, 0.15) is 0 Å². The summed E-state index contributed by atoms with van der Waals surface area (Å²) in [5, 5.41) is 8.65. The number of H-pyrrole nitrogens is 1. The van der Waals surface area contributed by atoms with Crippen molar-refractivity contribution in [2.45, 2.75) is 30.4 Å². The van der Waals surface area contributed by atoms with Gasteiger partial charge in [0.05, 0.1) is 5.25 Å². The first-order valence-electron chi connectivity index (χ1n) is 9.04. The molecule has 1 N–H and O–H groups in total. The molecule has 4 aromatic rings. The number of carbonyl (C=O) groups is 1. The number of hydrogen-bond acceptors (Lipinski definition) is 6. The van der Waals surface area contributed by atoms with Crippen LogP contribution in [0.15, 0.2) is 64.4 Å². The van der Waals surface area contributed by atoms with E-state index in [2.05, 4.69) is 15.2 Å². The fourth-order valence-corrected chi connectivity index (χ4v) is 3.67. The first-order chi connectivity index (χ1) is 14.0. The van der Waals surface area contributed by atoms with Gasteiger partial charge in [0, 0.05) is 22.7 Å². The topological polar surface area (TPSA) is 81.0 Å². The molecule has 0 saturated carbocycles. The molecule has 0 amide bonds. The number of nitrogens with one attached hydrogen (secondary N) is 1. The first kappa shape index (κ1) is 19.2. The van der Waals surface area contributed by atoms with Crippen molar-refractivity contribution < 1.29 is 18.3 Å². The van der Waals surface area contributed by atoms with Crippen molar-refractivity contribution in [2.24, 2.45) is 0 Å². The van der Waals surface area contributed by atoms with Crippen LogP contribution in [0.1, 0.15) is 36.2 Å². The monoisotopic (exact) mass is 411 g/mol. The lowest BCUT2D eigenvalue weighted by molar-refractivity contribution is 0.0995. The number of hydrogen-bond donors (Lipinski definition) is 1. The number of halogens is 1. The zero-order valence-corrected chi connectivity index (χ0v) is 16.6. The van der Waals surface area contributed by atoms with Gasteiger partial charge >= 0.3 is 0 Å². The van der Waals surface area contributed by atoms with Crippen molar-refractivity contribution in [2.75, 3.05) is 0 Å². The van der Waals surface area contributed by atoms with Crippen LogP contribution >= 0.6 is 11.8 Å². The summed E-state index contributed by atoms with van der Waals surface area (Å²) in [6.45, 7) is 3.48. The number of fused-ring (bicyclic) bond motifs is 1. The smallest absolute Gasteiger partial charge is 0.277 e. The van der Waals surface area contributed by atoms with E-state index in [-0.39, 0.29) is 22.6 Å². The zero-order chi connectivity index (χ0) is 20.4. The van der Waals surface area contributed by atoms with E-state index < -0.39 is 17.2 Å². The standard InChI is InChI=1S/C21H18FN3O3S/c1-12(27-18-10-6-4-8-16(18)22)20-24-25-21(28-20)29-13(2)19(26)15-11-23-17-9-5-3-7-14(15)17/h3-13,23H,1-2H3/t12-,13+/m1/s1. The number of rotatable bonds is 7. The molecule has 0 aliphatic carbocycles. The van der Waals surface area contributed by atoms with E-state index in [9.17, 15) is 9.18 Å². The maximum atomic E-state index is 13.7. The fraction of sp³-hybridized carbons (Fsp3) is 0.190. The Morgan fingerprint density at radius 1 is 1.14 bits per heavy atom. The largest absolute Gasteiger partial charge is 0.478 e. The third-order valence-corrected chi connectivity index (χ3v) is 5.35. The molecule has 8 heteroatoms. The fourth-order valence-electron chi connectivity index (χ4n) is 2.91. The Balaban J connectivity index is 1.44. The van der Waals surface area contributed by atoms with Gasteiger partial charge in [-0.05, 0) is 32.0 Å². The number of ketones is 1. The Hall–Kier alpha value is -3.13. The maximum Gasteiger partial charge on any atom is 0.277 e. The summed E-state index contributed by atoms with van der Waals surface area (Å²) in [6, 6.07) is 13.7. The summed E-state index contributed by atoms with van der Waals surface area (Å²) in [5.41, 5.74) is 1.53. The lowest BCUT2D eigenvalue weighted by atomic mass is 10.1. The molecule has 2 aromatic heterocycles. The van der Waals surface area contributed by atoms with E-state index in [0.717, 1.165) is 10.9 Å². The lowest BCUT2D eigenvalue weighted by Crippen LogP contribution is -2.13. The summed E-state index contributed by atoms with van der Waals surface area (Å²) in [4.78, 5) is 16.0. The second-order valence-electron chi connectivity index (χ2n) is 6.47. The second-order valence-corrected chi connectivity index (χ2v) is 7.76. The number of benzene rings is 2. The number of para-hydroxylation sites is 2. The molecule has 0 aliphatic rings. The highest BCUT2D eigenvalue weighted by Crippen LogP contribution is 2.30. The molecule has 0 bridgehead atoms. The van der Waals surface area contributed by atoms with Crippen molar-refractivity contribution in [3.63, 3.8) is 0 Å². The van der Waals surface area contributed by atoms with Crippen molar-refractivity contribution in [1.29, 1.82) is 0 Å². The number of Topliss-reactive ketones (excluding diaryl/α,β-unsaturated/α-hetero) is 1. The van der Waals surface area contributed by atoms with E-state index in [0.29, 0.717) is 5.56 Å². The average Bonchev–Trinajstić information content (AvgIpc) is 3.36. The lowest BCUT2D eigenvalue weighted by Gasteiger charge is -2.11. The van der Waals surface area contributed by atoms with E-state index in [1.165, 1.54) is 23.9 Å². The van der Waals surface area contributed by atoms with Crippen molar-refractivity contribution in [3.05, 3.63) is 72.0 Å². The van der Waals surface area contributed by atoms with Crippen LogP contribution in [0.4, 0.5) is 4.39 Å². The number of aromatic amines is 1. The molecule has 0 aliphatic heterocycles. The van der Waals surface area contributed by atoms with Gasteiger partial charge in [0.25, 0.3) is 11.1 Å². The minimum atomic E-state index is -0.631.